The van der Waals surface area contributed by atoms with E-state index in [1.165, 1.54) is 0 Å². The molecule has 1 aromatic carbocycles. The highest BCUT2D eigenvalue weighted by Gasteiger charge is 2.25. The number of anilines is 2. The summed E-state index contributed by atoms with van der Waals surface area (Å²) in [5.74, 6) is 0.779. The van der Waals surface area contributed by atoms with E-state index in [1.807, 2.05) is 18.2 Å². The zero-order chi connectivity index (χ0) is 16.4. The summed E-state index contributed by atoms with van der Waals surface area (Å²) in [6.45, 7) is 5.85. The van der Waals surface area contributed by atoms with Crippen LogP contribution in [0.5, 0.6) is 0 Å². The van der Waals surface area contributed by atoms with Crippen molar-refractivity contribution in [3.63, 3.8) is 0 Å². The third-order valence-electron chi connectivity index (χ3n) is 4.60. The van der Waals surface area contributed by atoms with E-state index in [1.54, 1.807) is 0 Å². The minimum atomic E-state index is 0.664. The van der Waals surface area contributed by atoms with Gasteiger partial charge in [0.05, 0.1) is 37.6 Å². The Morgan fingerprint density at radius 1 is 0.917 bits per heavy atom. The summed E-state index contributed by atoms with van der Waals surface area (Å²) >= 11 is 0. The molecule has 1 aromatic heterocycles. The van der Waals surface area contributed by atoms with E-state index in [9.17, 15) is 5.26 Å². The lowest BCUT2D eigenvalue weighted by atomic mass is 10.1. The molecule has 6 nitrogen and oxygen atoms in total. The molecule has 0 radical (unpaired) electrons. The molecule has 24 heavy (non-hydrogen) atoms. The Morgan fingerprint density at radius 3 is 2.21 bits per heavy atom. The Hall–Kier alpha value is -2.36. The predicted octanol–water partition coefficient (Wildman–Crippen LogP) is 1.78. The molecule has 6 heteroatoms. The third kappa shape index (κ3) is 2.66. The van der Waals surface area contributed by atoms with Crippen molar-refractivity contribution in [2.75, 3.05) is 62.4 Å². The summed E-state index contributed by atoms with van der Waals surface area (Å²) < 4.78 is 10.9. The number of pyridine rings is 1. The van der Waals surface area contributed by atoms with Crippen molar-refractivity contribution >= 4 is 22.4 Å². The Morgan fingerprint density at radius 2 is 1.54 bits per heavy atom. The van der Waals surface area contributed by atoms with Gasteiger partial charge in [-0.05, 0) is 6.07 Å². The average molecular weight is 324 g/mol. The van der Waals surface area contributed by atoms with Gasteiger partial charge in [0.1, 0.15) is 17.5 Å². The lowest BCUT2D eigenvalue weighted by Gasteiger charge is -2.33. The van der Waals surface area contributed by atoms with E-state index in [2.05, 4.69) is 21.9 Å². The van der Waals surface area contributed by atoms with Crippen molar-refractivity contribution in [3.8, 4) is 6.07 Å². The van der Waals surface area contributed by atoms with Gasteiger partial charge in [0.25, 0.3) is 0 Å². The van der Waals surface area contributed by atoms with E-state index in [4.69, 9.17) is 14.5 Å². The van der Waals surface area contributed by atoms with E-state index < -0.39 is 0 Å². The molecule has 0 atom stereocenters. The number of aromatic nitrogens is 1. The molecule has 2 fully saturated rings. The molecule has 0 N–H and O–H groups in total. The summed E-state index contributed by atoms with van der Waals surface area (Å²) in [6, 6.07) is 10.5. The van der Waals surface area contributed by atoms with Gasteiger partial charge in [0.2, 0.25) is 0 Å². The molecule has 2 aromatic rings. The number of para-hydroxylation sites is 1. The van der Waals surface area contributed by atoms with Crippen molar-refractivity contribution in [2.24, 2.45) is 0 Å². The molecule has 0 bridgehead atoms. The van der Waals surface area contributed by atoms with Crippen LogP contribution in [0.15, 0.2) is 24.3 Å². The first-order chi connectivity index (χ1) is 11.9. The topological polar surface area (TPSA) is 61.6 Å². The van der Waals surface area contributed by atoms with Gasteiger partial charge in [-0.15, -0.1) is 0 Å². The Balaban J connectivity index is 1.91. The van der Waals surface area contributed by atoms with Crippen molar-refractivity contribution in [1.82, 2.24) is 4.98 Å². The largest absolute Gasteiger partial charge is 0.378 e. The Labute approximate surface area is 141 Å². The van der Waals surface area contributed by atoms with Crippen LogP contribution in [0.3, 0.4) is 0 Å². The van der Waals surface area contributed by atoms with Gasteiger partial charge >= 0.3 is 0 Å². The molecule has 0 saturated carbocycles. The maximum Gasteiger partial charge on any atom is 0.149 e. The number of ether oxygens (including phenoxy) is 2. The minimum absolute atomic E-state index is 0.664. The predicted molar refractivity (Wildman–Crippen MR) is 92.5 cm³/mol. The number of hydrogen-bond acceptors (Lipinski definition) is 6. The first kappa shape index (κ1) is 15.2. The molecule has 0 amide bonds. The van der Waals surface area contributed by atoms with Gasteiger partial charge in [0.15, 0.2) is 0 Å². The van der Waals surface area contributed by atoms with Crippen LogP contribution in [-0.2, 0) is 9.47 Å². The lowest BCUT2D eigenvalue weighted by Crippen LogP contribution is -2.39. The van der Waals surface area contributed by atoms with E-state index in [0.29, 0.717) is 32.0 Å². The summed E-state index contributed by atoms with van der Waals surface area (Å²) in [6.07, 6.45) is 0. The van der Waals surface area contributed by atoms with E-state index in [0.717, 1.165) is 48.6 Å². The lowest BCUT2D eigenvalue weighted by molar-refractivity contribution is 0.122. The zero-order valence-corrected chi connectivity index (χ0v) is 13.6. The molecule has 124 valence electrons. The minimum Gasteiger partial charge on any atom is -0.378 e. The first-order valence-electron chi connectivity index (χ1n) is 8.36. The molecule has 0 spiro atoms. The maximum atomic E-state index is 9.91. The van der Waals surface area contributed by atoms with Gasteiger partial charge in [0, 0.05) is 31.6 Å². The number of hydrogen-bond donors (Lipinski definition) is 0. The molecular weight excluding hydrogens is 304 g/mol. The van der Waals surface area contributed by atoms with Crippen molar-refractivity contribution in [3.05, 3.63) is 29.8 Å². The first-order valence-corrected chi connectivity index (χ1v) is 8.36. The number of morpholine rings is 2. The number of nitrogens with zero attached hydrogens (tertiary/aromatic N) is 4. The van der Waals surface area contributed by atoms with Crippen molar-refractivity contribution < 1.29 is 9.47 Å². The fourth-order valence-electron chi connectivity index (χ4n) is 3.40. The SMILES string of the molecule is N#Cc1c(N2CCOCC2)nc2ccccc2c1N1CCOCC1. The second kappa shape index (κ2) is 6.63. The van der Waals surface area contributed by atoms with Gasteiger partial charge < -0.3 is 19.3 Å². The van der Waals surface area contributed by atoms with Crippen LogP contribution in [0.25, 0.3) is 10.9 Å². The van der Waals surface area contributed by atoms with Crippen LogP contribution in [0, 0.1) is 11.3 Å². The fourth-order valence-corrected chi connectivity index (χ4v) is 3.40. The maximum absolute atomic E-state index is 9.91. The summed E-state index contributed by atoms with van der Waals surface area (Å²) in [5.41, 5.74) is 2.59. The molecule has 3 heterocycles. The quantitative estimate of drug-likeness (QED) is 0.839. The highest BCUT2D eigenvalue weighted by atomic mass is 16.5. The van der Waals surface area contributed by atoms with E-state index >= 15 is 0 Å². The highest BCUT2D eigenvalue weighted by Crippen LogP contribution is 2.36. The second-order valence-electron chi connectivity index (χ2n) is 5.99. The highest BCUT2D eigenvalue weighted by molar-refractivity contribution is 5.97. The molecule has 2 saturated heterocycles. The summed E-state index contributed by atoms with van der Waals surface area (Å²) in [4.78, 5) is 9.24. The Bertz CT molecular complexity index is 774. The van der Waals surface area contributed by atoms with Crippen molar-refractivity contribution in [1.29, 1.82) is 5.26 Å². The molecule has 0 aliphatic carbocycles. The van der Waals surface area contributed by atoms with Gasteiger partial charge in [-0.2, -0.15) is 5.26 Å². The van der Waals surface area contributed by atoms with Crippen LogP contribution < -0.4 is 9.80 Å². The number of nitriles is 1. The molecule has 2 aliphatic heterocycles. The summed E-state index contributed by atoms with van der Waals surface area (Å²) in [5, 5.41) is 10.9. The number of benzene rings is 1. The standard InChI is InChI=1S/C18H20N4O2/c19-13-15-17(21-5-9-23-10-6-21)14-3-1-2-4-16(14)20-18(15)22-7-11-24-12-8-22/h1-4H,5-12H2. The van der Waals surface area contributed by atoms with Crippen LogP contribution in [0.1, 0.15) is 5.56 Å². The van der Waals surface area contributed by atoms with Gasteiger partial charge in [-0.25, -0.2) is 4.98 Å². The van der Waals surface area contributed by atoms with Gasteiger partial charge in [-0.3, -0.25) is 0 Å². The van der Waals surface area contributed by atoms with E-state index in [-0.39, 0.29) is 0 Å². The molecule has 4 rings (SSSR count). The molecule has 2 aliphatic rings. The molecular formula is C18H20N4O2. The monoisotopic (exact) mass is 324 g/mol. The second-order valence-corrected chi connectivity index (χ2v) is 5.99. The van der Waals surface area contributed by atoms with Crippen LogP contribution in [0.4, 0.5) is 11.5 Å². The number of rotatable bonds is 2. The molecule has 0 unspecified atom stereocenters. The van der Waals surface area contributed by atoms with Gasteiger partial charge in [-0.1, -0.05) is 18.2 Å². The van der Waals surface area contributed by atoms with Crippen molar-refractivity contribution in [2.45, 2.75) is 0 Å². The number of fused-ring (bicyclic) bond motifs is 1. The third-order valence-corrected chi connectivity index (χ3v) is 4.60. The van der Waals surface area contributed by atoms with Crippen LogP contribution in [0.2, 0.25) is 0 Å². The zero-order valence-electron chi connectivity index (χ0n) is 13.6. The Kier molecular flexibility index (Phi) is 4.20. The summed E-state index contributed by atoms with van der Waals surface area (Å²) in [7, 11) is 0. The van der Waals surface area contributed by atoms with Crippen LogP contribution >= 0.6 is 0 Å². The fraction of sp³-hybridized carbons (Fsp3) is 0.444. The normalized spacial score (nSPS) is 18.6. The average Bonchev–Trinajstić information content (AvgIpc) is 2.67. The smallest absolute Gasteiger partial charge is 0.149 e. The van der Waals surface area contributed by atoms with Crippen LogP contribution in [-0.4, -0.2) is 57.6 Å².